The maximum Gasteiger partial charge on any atom is 0.387 e. The van der Waals surface area contributed by atoms with Crippen LogP contribution in [-0.4, -0.2) is 91.4 Å². The van der Waals surface area contributed by atoms with Crippen molar-refractivity contribution in [2.75, 3.05) is 37.9 Å². The van der Waals surface area contributed by atoms with Crippen LogP contribution in [-0.2, 0) is 11.3 Å². The van der Waals surface area contributed by atoms with Gasteiger partial charge in [-0.15, -0.1) is 11.8 Å². The third kappa shape index (κ3) is 7.09. The van der Waals surface area contributed by atoms with Crippen molar-refractivity contribution < 1.29 is 23.0 Å². The Labute approximate surface area is 268 Å². The van der Waals surface area contributed by atoms with Gasteiger partial charge in [-0.05, 0) is 49.8 Å². The Morgan fingerprint density at radius 1 is 1.30 bits per heavy atom. The molecule has 2 aliphatic heterocycles. The van der Waals surface area contributed by atoms with Crippen molar-refractivity contribution in [3.8, 4) is 17.0 Å². The first kappa shape index (κ1) is 31.7. The van der Waals surface area contributed by atoms with E-state index in [9.17, 15) is 13.6 Å². The zero-order chi connectivity index (χ0) is 32.2. The molecule has 0 spiro atoms. The standard InChI is InChI=1S/C30H36F2N10O3S/c1-46-22-3-4-26(45-30(31)32)23(13-22)27-25(37-29(43)24-14-36-42-9-2-8-35-28(24)42)17-40(38-27)15-19(33)16-41(34)20-5-10-39(11-6-20)21-7-12-44-18-21/h2-4,8-9,13-14,16-17,20-21,30H,5-7,10-12,15,18,33-34H2,1H3,(H,37,43)/b19-16-. The summed E-state index contributed by atoms with van der Waals surface area (Å²) in [6.07, 6.45) is 12.7. The molecule has 5 heterocycles. The summed E-state index contributed by atoms with van der Waals surface area (Å²) in [7, 11) is 0. The summed E-state index contributed by atoms with van der Waals surface area (Å²) in [5, 5.41) is 13.4. The maximum absolute atomic E-state index is 13.5. The first-order valence-electron chi connectivity index (χ1n) is 14.9. The van der Waals surface area contributed by atoms with Crippen LogP contribution >= 0.6 is 11.8 Å². The number of nitrogens with two attached hydrogens (primary N) is 2. The number of ether oxygens (including phenoxy) is 2. The number of carbonyl (C=O) groups excluding carboxylic acids is 1. The molecule has 1 aromatic carbocycles. The second-order valence-electron chi connectivity index (χ2n) is 11.2. The Bertz CT molecular complexity index is 1700. The van der Waals surface area contributed by atoms with Gasteiger partial charge in [-0.25, -0.2) is 15.3 Å². The number of benzene rings is 1. The Hall–Kier alpha value is -4.25. The summed E-state index contributed by atoms with van der Waals surface area (Å²) in [6, 6.07) is 7.12. The number of nitrogens with zero attached hydrogens (tertiary/aromatic N) is 7. The SMILES string of the molecule is CSc1ccc(OC(F)F)c(-c2nn(C/C(N)=C/N(N)C3CCN(C4CCOC4)CC3)cc2NC(=O)c2cnn3cccnc23)c1. The Balaban J connectivity index is 1.25. The van der Waals surface area contributed by atoms with Crippen LogP contribution in [0, 0.1) is 0 Å². The van der Waals surface area contributed by atoms with Crippen molar-refractivity contribution in [2.45, 2.75) is 49.4 Å². The number of hydrogen-bond acceptors (Lipinski definition) is 11. The predicted molar refractivity (Wildman–Crippen MR) is 169 cm³/mol. The van der Waals surface area contributed by atoms with E-state index in [0.29, 0.717) is 17.4 Å². The van der Waals surface area contributed by atoms with E-state index < -0.39 is 12.5 Å². The van der Waals surface area contributed by atoms with E-state index in [4.69, 9.17) is 21.1 Å². The minimum absolute atomic E-state index is 0.0849. The van der Waals surface area contributed by atoms with Crippen LogP contribution in [0.1, 0.15) is 29.6 Å². The summed E-state index contributed by atoms with van der Waals surface area (Å²) in [5.74, 6) is 5.85. The summed E-state index contributed by atoms with van der Waals surface area (Å²) < 4.78 is 40.2. The normalized spacial score (nSPS) is 18.0. The van der Waals surface area contributed by atoms with Gasteiger partial charge < -0.3 is 25.5 Å². The van der Waals surface area contributed by atoms with Gasteiger partial charge >= 0.3 is 6.61 Å². The van der Waals surface area contributed by atoms with Gasteiger partial charge in [-0.3, -0.25) is 14.4 Å². The van der Waals surface area contributed by atoms with Crippen molar-refractivity contribution in [3.05, 3.63) is 66.5 Å². The molecule has 1 amide bonds. The summed E-state index contributed by atoms with van der Waals surface area (Å²) >= 11 is 1.43. The Morgan fingerprint density at radius 2 is 2.13 bits per heavy atom. The van der Waals surface area contributed by atoms with E-state index in [1.807, 2.05) is 6.26 Å². The second-order valence-corrected chi connectivity index (χ2v) is 12.0. The number of hydrazine groups is 1. The molecular weight excluding hydrogens is 618 g/mol. The quantitative estimate of drug-likeness (QED) is 0.124. The zero-order valence-corrected chi connectivity index (χ0v) is 26.1. The fourth-order valence-electron chi connectivity index (χ4n) is 5.87. The zero-order valence-electron chi connectivity index (χ0n) is 25.3. The van der Waals surface area contributed by atoms with Gasteiger partial charge in [-0.2, -0.15) is 19.0 Å². The number of fused-ring (bicyclic) bond motifs is 1. The number of anilines is 1. The molecule has 1 atom stereocenters. The van der Waals surface area contributed by atoms with Gasteiger partial charge in [-0.1, -0.05) is 0 Å². The number of nitrogens with one attached hydrogen (secondary N) is 1. The van der Waals surface area contributed by atoms with E-state index in [0.717, 1.165) is 50.5 Å². The van der Waals surface area contributed by atoms with Crippen LogP contribution in [0.15, 0.2) is 65.8 Å². The fraction of sp³-hybridized carbons (Fsp3) is 0.400. The number of alkyl halides is 2. The summed E-state index contributed by atoms with van der Waals surface area (Å²) in [6.45, 7) is 0.537. The molecule has 46 heavy (non-hydrogen) atoms. The number of allylic oxidation sites excluding steroid dienone is 1. The van der Waals surface area contributed by atoms with E-state index in [1.165, 1.54) is 33.2 Å². The van der Waals surface area contributed by atoms with Crippen LogP contribution in [0.5, 0.6) is 5.75 Å². The number of halogens is 2. The first-order chi connectivity index (χ1) is 22.3. The highest BCUT2D eigenvalue weighted by molar-refractivity contribution is 7.98. The number of rotatable bonds is 11. The summed E-state index contributed by atoms with van der Waals surface area (Å²) in [4.78, 5) is 21.0. The number of amides is 1. The van der Waals surface area contributed by atoms with E-state index in [2.05, 4.69) is 25.4 Å². The van der Waals surface area contributed by atoms with Gasteiger partial charge in [0.25, 0.3) is 5.91 Å². The molecule has 0 saturated carbocycles. The van der Waals surface area contributed by atoms with Crippen LogP contribution in [0.3, 0.4) is 0 Å². The average Bonchev–Trinajstić information content (AvgIpc) is 3.82. The molecule has 0 bridgehead atoms. The highest BCUT2D eigenvalue weighted by atomic mass is 32.2. The summed E-state index contributed by atoms with van der Waals surface area (Å²) in [5.41, 5.74) is 8.22. The first-order valence-corrected chi connectivity index (χ1v) is 16.1. The lowest BCUT2D eigenvalue weighted by molar-refractivity contribution is -0.0494. The number of hydrogen-bond donors (Lipinski definition) is 3. The number of carbonyl (C=O) groups is 1. The highest BCUT2D eigenvalue weighted by Crippen LogP contribution is 2.38. The van der Waals surface area contributed by atoms with E-state index >= 15 is 0 Å². The minimum Gasteiger partial charge on any atom is -0.434 e. The van der Waals surface area contributed by atoms with Crippen molar-refractivity contribution in [1.29, 1.82) is 0 Å². The molecule has 2 fully saturated rings. The van der Waals surface area contributed by atoms with Crippen LogP contribution < -0.4 is 21.6 Å². The third-order valence-corrected chi connectivity index (χ3v) is 8.92. The van der Waals surface area contributed by atoms with Gasteiger partial charge in [0, 0.05) is 72.7 Å². The molecule has 244 valence electrons. The van der Waals surface area contributed by atoms with Crippen LogP contribution in [0.2, 0.25) is 0 Å². The number of aromatic nitrogens is 5. The lowest BCUT2D eigenvalue weighted by Gasteiger charge is -2.38. The molecular formula is C30H36F2N10O3S. The third-order valence-electron chi connectivity index (χ3n) is 8.19. The Kier molecular flexibility index (Phi) is 9.67. The van der Waals surface area contributed by atoms with Gasteiger partial charge in [0.1, 0.15) is 17.0 Å². The van der Waals surface area contributed by atoms with E-state index in [1.54, 1.807) is 48.0 Å². The molecule has 4 aromatic rings. The minimum atomic E-state index is -3.06. The molecule has 13 nitrogen and oxygen atoms in total. The van der Waals surface area contributed by atoms with Crippen LogP contribution in [0.25, 0.3) is 16.9 Å². The smallest absolute Gasteiger partial charge is 0.387 e. The average molecular weight is 655 g/mol. The predicted octanol–water partition coefficient (Wildman–Crippen LogP) is 3.40. The molecule has 6 rings (SSSR count). The van der Waals surface area contributed by atoms with Crippen molar-refractivity contribution in [2.24, 2.45) is 11.6 Å². The topological polar surface area (TPSA) is 154 Å². The Morgan fingerprint density at radius 3 is 2.87 bits per heavy atom. The van der Waals surface area contributed by atoms with Gasteiger partial charge in [0.05, 0.1) is 25.0 Å². The van der Waals surface area contributed by atoms with E-state index in [-0.39, 0.29) is 40.8 Å². The van der Waals surface area contributed by atoms with Crippen LogP contribution in [0.4, 0.5) is 14.5 Å². The number of thioether (sulfide) groups is 1. The maximum atomic E-state index is 13.5. The molecule has 2 saturated heterocycles. The lowest BCUT2D eigenvalue weighted by Crippen LogP contribution is -2.49. The van der Waals surface area contributed by atoms with Gasteiger partial charge in [0.2, 0.25) is 0 Å². The lowest BCUT2D eigenvalue weighted by atomic mass is 10.0. The van der Waals surface area contributed by atoms with Crippen molar-refractivity contribution in [1.82, 2.24) is 34.3 Å². The monoisotopic (exact) mass is 654 g/mol. The molecule has 16 heteroatoms. The molecule has 0 radical (unpaired) electrons. The largest absolute Gasteiger partial charge is 0.434 e. The molecule has 5 N–H and O–H groups in total. The number of piperidine rings is 1. The van der Waals surface area contributed by atoms with Crippen molar-refractivity contribution in [3.63, 3.8) is 0 Å². The van der Waals surface area contributed by atoms with Gasteiger partial charge in [0.15, 0.2) is 5.65 Å². The molecule has 1 unspecified atom stereocenters. The molecule has 3 aromatic heterocycles. The van der Waals surface area contributed by atoms with Crippen molar-refractivity contribution >= 4 is 29.0 Å². The second kappa shape index (κ2) is 14.0. The number of likely N-dealkylation sites (tertiary alicyclic amines) is 1. The molecule has 2 aliphatic rings. The molecule has 0 aliphatic carbocycles. The highest BCUT2D eigenvalue weighted by Gasteiger charge is 2.29. The fourth-order valence-corrected chi connectivity index (χ4v) is 6.31.